The van der Waals surface area contributed by atoms with Crippen LogP contribution in [0.25, 0.3) is 11.3 Å². The van der Waals surface area contributed by atoms with Crippen LogP contribution in [0.15, 0.2) is 24.3 Å². The molecule has 0 saturated carbocycles. The van der Waals surface area contributed by atoms with E-state index in [0.29, 0.717) is 5.82 Å². The molecule has 2 aromatic rings. The quantitative estimate of drug-likeness (QED) is 0.805. The molecule has 0 atom stereocenters. The minimum Gasteiger partial charge on any atom is -0.384 e. The van der Waals surface area contributed by atoms with Gasteiger partial charge in [0.05, 0.1) is 5.69 Å². The number of aryl methyl sites for hydroxylation is 2. The van der Waals surface area contributed by atoms with Gasteiger partial charge in [0.25, 0.3) is 0 Å². The summed E-state index contributed by atoms with van der Waals surface area (Å²) in [4.78, 5) is 0. The number of halogens is 1. The molecule has 0 fully saturated rings. The fraction of sp³-hybridized carbons (Fsp3) is 0.182. The van der Waals surface area contributed by atoms with E-state index in [1.807, 2.05) is 38.2 Å². The highest BCUT2D eigenvalue weighted by Crippen LogP contribution is 2.24. The summed E-state index contributed by atoms with van der Waals surface area (Å²) in [5.74, 6) is 0.651. The number of nitrogens with two attached hydrogens (primary N) is 1. The van der Waals surface area contributed by atoms with Crippen LogP contribution in [0.1, 0.15) is 5.56 Å². The zero-order valence-electron chi connectivity index (χ0n) is 8.66. The third-order valence-electron chi connectivity index (χ3n) is 2.37. The fourth-order valence-electron chi connectivity index (χ4n) is 1.43. The third-order valence-corrected chi connectivity index (χ3v) is 2.79. The van der Waals surface area contributed by atoms with Gasteiger partial charge in [-0.05, 0) is 24.6 Å². The lowest BCUT2D eigenvalue weighted by atomic mass is 10.1. The molecule has 0 aliphatic carbocycles. The van der Waals surface area contributed by atoms with Crippen molar-refractivity contribution >= 4 is 17.4 Å². The number of benzene rings is 1. The van der Waals surface area contributed by atoms with Crippen LogP contribution in [0.2, 0.25) is 5.02 Å². The molecule has 0 bridgehead atoms. The lowest BCUT2D eigenvalue weighted by molar-refractivity contribution is 0.782. The Morgan fingerprint density at radius 1 is 1.33 bits per heavy atom. The number of hydrogen-bond donors (Lipinski definition) is 1. The first-order chi connectivity index (χ1) is 7.08. The average Bonchev–Trinajstić information content (AvgIpc) is 2.52. The van der Waals surface area contributed by atoms with Crippen molar-refractivity contribution in [2.24, 2.45) is 7.05 Å². The first-order valence-corrected chi connectivity index (χ1v) is 5.02. The molecule has 0 aliphatic rings. The molecular formula is C11H12ClN3. The second-order valence-corrected chi connectivity index (χ2v) is 3.95. The molecule has 4 heteroatoms. The standard InChI is InChI=1S/C11H12ClN3/c1-7-5-8(3-4-9(7)12)10-6-11(13)15(2)14-10/h3-6H,13H2,1-2H3. The van der Waals surface area contributed by atoms with Gasteiger partial charge in [0.1, 0.15) is 5.82 Å². The van der Waals surface area contributed by atoms with Gasteiger partial charge in [-0.25, -0.2) is 0 Å². The van der Waals surface area contributed by atoms with Crippen molar-refractivity contribution in [2.45, 2.75) is 6.92 Å². The predicted molar refractivity (Wildman–Crippen MR) is 62.8 cm³/mol. The minimum atomic E-state index is 0.651. The Kier molecular flexibility index (Phi) is 2.40. The van der Waals surface area contributed by atoms with Crippen molar-refractivity contribution in [3.63, 3.8) is 0 Å². The van der Waals surface area contributed by atoms with E-state index in [9.17, 15) is 0 Å². The van der Waals surface area contributed by atoms with Gasteiger partial charge >= 0.3 is 0 Å². The van der Waals surface area contributed by atoms with Gasteiger partial charge in [-0.3, -0.25) is 4.68 Å². The number of anilines is 1. The summed E-state index contributed by atoms with van der Waals surface area (Å²) < 4.78 is 1.65. The van der Waals surface area contributed by atoms with Gasteiger partial charge in [-0.2, -0.15) is 5.10 Å². The molecule has 0 spiro atoms. The van der Waals surface area contributed by atoms with Crippen LogP contribution in [0.4, 0.5) is 5.82 Å². The molecule has 78 valence electrons. The molecule has 0 amide bonds. The molecule has 2 rings (SSSR count). The summed E-state index contributed by atoms with van der Waals surface area (Å²) in [7, 11) is 1.82. The summed E-state index contributed by atoms with van der Waals surface area (Å²) in [5, 5.41) is 5.07. The Hall–Kier alpha value is -1.48. The van der Waals surface area contributed by atoms with Gasteiger partial charge in [-0.15, -0.1) is 0 Å². The maximum absolute atomic E-state index is 5.95. The maximum atomic E-state index is 5.95. The number of aromatic nitrogens is 2. The Morgan fingerprint density at radius 3 is 2.60 bits per heavy atom. The van der Waals surface area contributed by atoms with E-state index in [1.54, 1.807) is 4.68 Å². The number of rotatable bonds is 1. The zero-order chi connectivity index (χ0) is 11.0. The number of nitrogens with zero attached hydrogens (tertiary/aromatic N) is 2. The summed E-state index contributed by atoms with van der Waals surface area (Å²) >= 11 is 5.95. The minimum absolute atomic E-state index is 0.651. The second kappa shape index (κ2) is 3.59. The Balaban J connectivity index is 2.49. The maximum Gasteiger partial charge on any atom is 0.121 e. The predicted octanol–water partition coefficient (Wildman–Crippen LogP) is 2.63. The van der Waals surface area contributed by atoms with E-state index in [2.05, 4.69) is 5.10 Å². The highest BCUT2D eigenvalue weighted by atomic mass is 35.5. The molecule has 1 aromatic carbocycles. The Bertz CT molecular complexity index is 483. The van der Waals surface area contributed by atoms with Crippen LogP contribution in [-0.4, -0.2) is 9.78 Å². The summed E-state index contributed by atoms with van der Waals surface area (Å²) in [6, 6.07) is 7.67. The first-order valence-electron chi connectivity index (χ1n) is 4.64. The van der Waals surface area contributed by atoms with E-state index in [-0.39, 0.29) is 0 Å². The SMILES string of the molecule is Cc1cc(-c2cc(N)n(C)n2)ccc1Cl. The largest absolute Gasteiger partial charge is 0.384 e. The molecule has 0 aliphatic heterocycles. The van der Waals surface area contributed by atoms with E-state index in [1.165, 1.54) is 0 Å². The van der Waals surface area contributed by atoms with Crippen LogP contribution in [-0.2, 0) is 7.05 Å². The molecule has 1 aromatic heterocycles. The Morgan fingerprint density at radius 2 is 2.07 bits per heavy atom. The highest BCUT2D eigenvalue weighted by molar-refractivity contribution is 6.31. The molecule has 3 nitrogen and oxygen atoms in total. The lowest BCUT2D eigenvalue weighted by Gasteiger charge is -2.00. The van der Waals surface area contributed by atoms with Crippen molar-refractivity contribution in [1.82, 2.24) is 9.78 Å². The van der Waals surface area contributed by atoms with Gasteiger partial charge in [-0.1, -0.05) is 17.7 Å². The molecule has 15 heavy (non-hydrogen) atoms. The third kappa shape index (κ3) is 1.83. The van der Waals surface area contributed by atoms with Crippen LogP contribution < -0.4 is 5.73 Å². The van der Waals surface area contributed by atoms with Gasteiger partial charge in [0.15, 0.2) is 0 Å². The van der Waals surface area contributed by atoms with Gasteiger partial charge in [0.2, 0.25) is 0 Å². The fourth-order valence-corrected chi connectivity index (χ4v) is 1.54. The normalized spacial score (nSPS) is 10.6. The summed E-state index contributed by atoms with van der Waals surface area (Å²) in [6.45, 7) is 1.97. The van der Waals surface area contributed by atoms with Crippen molar-refractivity contribution < 1.29 is 0 Å². The molecule has 0 radical (unpaired) electrons. The molecule has 0 unspecified atom stereocenters. The van der Waals surface area contributed by atoms with Crippen LogP contribution >= 0.6 is 11.6 Å². The van der Waals surface area contributed by atoms with E-state index in [4.69, 9.17) is 17.3 Å². The van der Waals surface area contributed by atoms with Gasteiger partial charge in [0, 0.05) is 23.7 Å². The molecular weight excluding hydrogens is 210 g/mol. The van der Waals surface area contributed by atoms with Crippen LogP contribution in [0.3, 0.4) is 0 Å². The summed E-state index contributed by atoms with van der Waals surface area (Å²) in [6.07, 6.45) is 0. The average molecular weight is 222 g/mol. The zero-order valence-corrected chi connectivity index (χ0v) is 9.42. The molecule has 1 heterocycles. The summed E-state index contributed by atoms with van der Waals surface area (Å²) in [5.41, 5.74) is 8.66. The van der Waals surface area contributed by atoms with Crippen LogP contribution in [0.5, 0.6) is 0 Å². The van der Waals surface area contributed by atoms with Crippen molar-refractivity contribution in [3.05, 3.63) is 34.9 Å². The lowest BCUT2D eigenvalue weighted by Crippen LogP contribution is -1.96. The monoisotopic (exact) mass is 221 g/mol. The highest BCUT2D eigenvalue weighted by Gasteiger charge is 2.05. The van der Waals surface area contributed by atoms with E-state index >= 15 is 0 Å². The van der Waals surface area contributed by atoms with Crippen molar-refractivity contribution in [2.75, 3.05) is 5.73 Å². The topological polar surface area (TPSA) is 43.8 Å². The molecule has 2 N–H and O–H groups in total. The first kappa shape index (κ1) is 10.1. The van der Waals surface area contributed by atoms with E-state index in [0.717, 1.165) is 21.8 Å². The molecule has 0 saturated heterocycles. The smallest absolute Gasteiger partial charge is 0.121 e. The van der Waals surface area contributed by atoms with Crippen molar-refractivity contribution in [1.29, 1.82) is 0 Å². The number of hydrogen-bond acceptors (Lipinski definition) is 2. The van der Waals surface area contributed by atoms with Crippen LogP contribution in [0, 0.1) is 6.92 Å². The van der Waals surface area contributed by atoms with E-state index < -0.39 is 0 Å². The Labute approximate surface area is 93.5 Å². The number of nitrogen functional groups attached to an aromatic ring is 1. The van der Waals surface area contributed by atoms with Crippen molar-refractivity contribution in [3.8, 4) is 11.3 Å². The van der Waals surface area contributed by atoms with Gasteiger partial charge < -0.3 is 5.73 Å². The second-order valence-electron chi connectivity index (χ2n) is 3.54.